The lowest BCUT2D eigenvalue weighted by Crippen LogP contribution is -2.47. The van der Waals surface area contributed by atoms with Gasteiger partial charge in [-0.05, 0) is 54.6 Å². The number of ether oxygens (including phenoxy) is 2. The van der Waals surface area contributed by atoms with E-state index in [9.17, 15) is 18.3 Å². The topological polar surface area (TPSA) is 120 Å². The van der Waals surface area contributed by atoms with Crippen molar-refractivity contribution in [3.63, 3.8) is 0 Å². The number of nitrogens with one attached hydrogen (secondary N) is 2. The third-order valence-corrected chi connectivity index (χ3v) is 8.50. The van der Waals surface area contributed by atoms with Gasteiger partial charge in [-0.1, -0.05) is 36.4 Å². The van der Waals surface area contributed by atoms with E-state index in [1.807, 2.05) is 66.5 Å². The van der Waals surface area contributed by atoms with Gasteiger partial charge in [0.2, 0.25) is 10.0 Å². The number of para-hydroxylation sites is 1. The molecule has 0 radical (unpaired) electrons. The Kier molecular flexibility index (Phi) is 7.76. The van der Waals surface area contributed by atoms with Crippen LogP contribution in [0.2, 0.25) is 0 Å². The molecule has 5 rings (SSSR count). The van der Waals surface area contributed by atoms with Gasteiger partial charge in [-0.15, -0.1) is 0 Å². The van der Waals surface area contributed by atoms with E-state index in [2.05, 4.69) is 10.0 Å². The summed E-state index contributed by atoms with van der Waals surface area (Å²) in [6.45, 7) is 0.629. The second-order valence-corrected chi connectivity index (χ2v) is 11.5. The average molecular weight is 553 g/mol. The Hall–Kier alpha value is -3.64. The van der Waals surface area contributed by atoms with Crippen molar-refractivity contribution in [2.75, 3.05) is 45.7 Å². The number of aliphatic hydroxyl groups is 1. The molecule has 0 bridgehead atoms. The molecular weight excluding hydrogens is 520 g/mol. The number of sulfonamides is 1. The smallest absolute Gasteiger partial charge is 0.322 e. The number of likely N-dealkylation sites (tertiary alicyclic amines) is 1. The van der Waals surface area contributed by atoms with Gasteiger partial charge in [0.15, 0.2) is 0 Å². The fourth-order valence-electron chi connectivity index (χ4n) is 4.97. The summed E-state index contributed by atoms with van der Waals surface area (Å²) in [6.07, 6.45) is -1.49. The third kappa shape index (κ3) is 6.01. The molecule has 2 aliphatic heterocycles. The van der Waals surface area contributed by atoms with Crippen LogP contribution in [0.15, 0.2) is 77.7 Å². The number of fused-ring (bicyclic) bond motifs is 2. The summed E-state index contributed by atoms with van der Waals surface area (Å²) in [7, 11) is -0.569. The molecule has 0 aliphatic carbocycles. The van der Waals surface area contributed by atoms with E-state index >= 15 is 0 Å². The number of carbonyl (C=O) groups excluding carboxylic acids is 1. The first-order valence-corrected chi connectivity index (χ1v) is 14.2. The molecule has 0 aromatic heterocycles. The first-order valence-electron chi connectivity index (χ1n) is 12.7. The van der Waals surface area contributed by atoms with Gasteiger partial charge in [0.1, 0.15) is 22.5 Å². The second-order valence-electron chi connectivity index (χ2n) is 9.76. The van der Waals surface area contributed by atoms with E-state index in [1.165, 1.54) is 6.07 Å². The summed E-state index contributed by atoms with van der Waals surface area (Å²) < 4.78 is 40.8. The second kappa shape index (κ2) is 11.2. The molecule has 39 heavy (non-hydrogen) atoms. The highest BCUT2D eigenvalue weighted by molar-refractivity contribution is 7.89. The highest BCUT2D eigenvalue weighted by Gasteiger charge is 2.41. The number of methoxy groups -OCH3 is 1. The van der Waals surface area contributed by atoms with Gasteiger partial charge >= 0.3 is 6.03 Å². The molecule has 3 atom stereocenters. The van der Waals surface area contributed by atoms with Gasteiger partial charge < -0.3 is 24.8 Å². The Morgan fingerprint density at radius 1 is 1.03 bits per heavy atom. The van der Waals surface area contributed by atoms with Gasteiger partial charge in [0.25, 0.3) is 0 Å². The third-order valence-electron chi connectivity index (χ3n) is 7.04. The number of benzene rings is 3. The van der Waals surface area contributed by atoms with E-state index < -0.39 is 22.2 Å². The summed E-state index contributed by atoms with van der Waals surface area (Å²) in [5, 5.41) is 13.5. The molecule has 0 saturated carbocycles. The molecule has 2 heterocycles. The Morgan fingerprint density at radius 3 is 2.56 bits per heavy atom. The quantitative estimate of drug-likeness (QED) is 0.457. The SMILES string of the molecule is COc1cccc(-c2ccc3c(c2)O[C@H]2CN(C(=O)Nc4ccccc4)C[C@H]2N(C)C[C@@H](O)CNS3(=O)=O)c1. The summed E-state index contributed by atoms with van der Waals surface area (Å²) in [6, 6.07) is 21.0. The van der Waals surface area contributed by atoms with Crippen LogP contribution in [0.3, 0.4) is 0 Å². The molecule has 2 aliphatic rings. The van der Waals surface area contributed by atoms with Crippen LogP contribution in [0.1, 0.15) is 0 Å². The molecule has 0 unspecified atom stereocenters. The fourth-order valence-corrected chi connectivity index (χ4v) is 6.16. The van der Waals surface area contributed by atoms with Crippen molar-refractivity contribution in [1.82, 2.24) is 14.5 Å². The van der Waals surface area contributed by atoms with Crippen molar-refractivity contribution < 1.29 is 27.8 Å². The molecule has 1 saturated heterocycles. The van der Waals surface area contributed by atoms with Crippen LogP contribution >= 0.6 is 0 Å². The number of carbonyl (C=O) groups is 1. The van der Waals surface area contributed by atoms with Crippen LogP contribution in [0.5, 0.6) is 11.5 Å². The normalized spacial score (nSPS) is 23.1. The summed E-state index contributed by atoms with van der Waals surface area (Å²) in [5.74, 6) is 0.846. The van der Waals surface area contributed by atoms with Crippen molar-refractivity contribution in [3.8, 4) is 22.6 Å². The molecule has 1 fully saturated rings. The molecule has 0 spiro atoms. The fraction of sp³-hybridized carbons (Fsp3) is 0.321. The van der Waals surface area contributed by atoms with Crippen LogP contribution in [0, 0.1) is 0 Å². The van der Waals surface area contributed by atoms with E-state index in [1.54, 1.807) is 24.1 Å². The monoisotopic (exact) mass is 552 g/mol. The van der Waals surface area contributed by atoms with Crippen LogP contribution in [-0.2, 0) is 10.0 Å². The van der Waals surface area contributed by atoms with Crippen molar-refractivity contribution in [3.05, 3.63) is 72.8 Å². The number of hydrogen-bond donors (Lipinski definition) is 3. The molecular formula is C28H32N4O6S. The number of aliphatic hydroxyl groups excluding tert-OH is 1. The zero-order chi connectivity index (χ0) is 27.6. The maximum absolute atomic E-state index is 13.3. The van der Waals surface area contributed by atoms with E-state index in [0.29, 0.717) is 18.0 Å². The van der Waals surface area contributed by atoms with Gasteiger partial charge in [0.05, 0.1) is 25.8 Å². The summed E-state index contributed by atoms with van der Waals surface area (Å²) >= 11 is 0. The minimum Gasteiger partial charge on any atom is -0.497 e. The molecule has 11 heteroatoms. The molecule has 3 aromatic rings. The predicted octanol–water partition coefficient (Wildman–Crippen LogP) is 2.61. The standard InChI is InChI=1S/C28H32N4O6S/c1-31-16-22(33)15-29-39(35,36)27-12-11-20(19-7-6-10-23(13-19)37-2)14-25(27)38-26-18-32(17-24(26)31)28(34)30-21-8-4-3-5-9-21/h3-14,22,24,26,29,33H,15-18H2,1-2H3,(H,30,34)/t22-,24+,26-/m0/s1. The average Bonchev–Trinajstić information content (AvgIpc) is 3.36. The van der Waals surface area contributed by atoms with Crippen molar-refractivity contribution in [2.24, 2.45) is 0 Å². The molecule has 10 nitrogen and oxygen atoms in total. The Labute approximate surface area is 228 Å². The molecule has 3 aromatic carbocycles. The zero-order valence-corrected chi connectivity index (χ0v) is 22.6. The lowest BCUT2D eigenvalue weighted by atomic mass is 10.1. The predicted molar refractivity (Wildman–Crippen MR) is 147 cm³/mol. The van der Waals surface area contributed by atoms with Crippen LogP contribution in [-0.4, -0.2) is 87.9 Å². The number of hydrogen-bond acceptors (Lipinski definition) is 7. The Bertz CT molecular complexity index is 1430. The van der Waals surface area contributed by atoms with Crippen LogP contribution < -0.4 is 19.5 Å². The number of anilines is 1. The molecule has 3 N–H and O–H groups in total. The molecule has 206 valence electrons. The number of β-amino-alcohol motifs (C(OH)–C–C–N with tert-alkyl or cyclic N) is 1. The lowest BCUT2D eigenvalue weighted by molar-refractivity contribution is 0.0713. The van der Waals surface area contributed by atoms with Crippen LogP contribution in [0.4, 0.5) is 10.5 Å². The van der Waals surface area contributed by atoms with Crippen LogP contribution in [0.25, 0.3) is 11.1 Å². The Balaban J connectivity index is 1.50. The van der Waals surface area contributed by atoms with Gasteiger partial charge in [-0.2, -0.15) is 0 Å². The first kappa shape index (κ1) is 26.9. The lowest BCUT2D eigenvalue weighted by Gasteiger charge is -2.30. The van der Waals surface area contributed by atoms with Crippen molar-refractivity contribution in [1.29, 1.82) is 0 Å². The summed E-state index contributed by atoms with van der Waals surface area (Å²) in [4.78, 5) is 16.6. The van der Waals surface area contributed by atoms with E-state index in [4.69, 9.17) is 9.47 Å². The summed E-state index contributed by atoms with van der Waals surface area (Å²) in [5.41, 5.74) is 2.26. The van der Waals surface area contributed by atoms with Crippen molar-refractivity contribution in [2.45, 2.75) is 23.1 Å². The van der Waals surface area contributed by atoms with Gasteiger partial charge in [0, 0.05) is 25.3 Å². The first-order chi connectivity index (χ1) is 18.7. The highest BCUT2D eigenvalue weighted by atomic mass is 32.2. The highest BCUT2D eigenvalue weighted by Crippen LogP contribution is 2.34. The van der Waals surface area contributed by atoms with Crippen molar-refractivity contribution >= 4 is 21.7 Å². The number of nitrogens with zero attached hydrogens (tertiary/aromatic N) is 2. The van der Waals surface area contributed by atoms with Gasteiger partial charge in [-0.25, -0.2) is 17.9 Å². The number of urea groups is 1. The van der Waals surface area contributed by atoms with Gasteiger partial charge in [-0.3, -0.25) is 4.90 Å². The molecule has 2 amide bonds. The Morgan fingerprint density at radius 2 is 1.79 bits per heavy atom. The zero-order valence-electron chi connectivity index (χ0n) is 21.8. The number of amides is 2. The number of likely N-dealkylation sites (N-methyl/N-ethyl adjacent to an activating group) is 1. The van der Waals surface area contributed by atoms with E-state index in [0.717, 1.165) is 11.1 Å². The maximum Gasteiger partial charge on any atom is 0.322 e. The minimum atomic E-state index is -3.99. The van der Waals surface area contributed by atoms with E-state index in [-0.39, 0.29) is 42.4 Å². The largest absolute Gasteiger partial charge is 0.497 e. The number of rotatable bonds is 3. The maximum atomic E-state index is 13.3. The minimum absolute atomic E-state index is 0.0307.